The molecular formula is C15H23N3O5S. The lowest BCUT2D eigenvalue weighted by Gasteiger charge is -2.12. The molecule has 2 rings (SSSR count). The van der Waals surface area contributed by atoms with Crippen molar-refractivity contribution in [2.24, 2.45) is 4.99 Å². The number of rotatable bonds is 8. The highest BCUT2D eigenvalue weighted by atomic mass is 32.2. The van der Waals surface area contributed by atoms with Gasteiger partial charge >= 0.3 is 0 Å². The largest absolute Gasteiger partial charge is 0.454 e. The molecule has 0 saturated carbocycles. The zero-order valence-corrected chi connectivity index (χ0v) is 14.7. The highest BCUT2D eigenvalue weighted by Crippen LogP contribution is 2.32. The summed E-state index contributed by atoms with van der Waals surface area (Å²) >= 11 is 0. The number of fused-ring (bicyclic) bond motifs is 1. The molecule has 1 aliphatic rings. The molecule has 0 aromatic heterocycles. The fourth-order valence-corrected chi connectivity index (χ4v) is 2.43. The molecule has 9 heteroatoms. The summed E-state index contributed by atoms with van der Waals surface area (Å²) in [5.74, 6) is 2.17. The molecule has 1 heterocycles. The van der Waals surface area contributed by atoms with Crippen molar-refractivity contribution in [3.8, 4) is 11.5 Å². The Balaban J connectivity index is 1.65. The van der Waals surface area contributed by atoms with Crippen molar-refractivity contribution in [1.29, 1.82) is 0 Å². The second kappa shape index (κ2) is 8.74. The number of sulfone groups is 1. The van der Waals surface area contributed by atoms with E-state index in [4.69, 9.17) is 14.2 Å². The maximum absolute atomic E-state index is 11.0. The highest BCUT2D eigenvalue weighted by Gasteiger charge is 2.13. The van der Waals surface area contributed by atoms with E-state index in [1.807, 2.05) is 18.2 Å². The Morgan fingerprint density at radius 1 is 1.25 bits per heavy atom. The molecule has 8 nitrogen and oxygen atoms in total. The van der Waals surface area contributed by atoms with Crippen molar-refractivity contribution in [3.05, 3.63) is 23.8 Å². The first kappa shape index (κ1) is 18.3. The molecule has 0 unspecified atom stereocenters. The Morgan fingerprint density at radius 3 is 2.79 bits per heavy atom. The second-order valence-electron chi connectivity index (χ2n) is 5.28. The van der Waals surface area contributed by atoms with Gasteiger partial charge in [0.05, 0.1) is 19.0 Å². The van der Waals surface area contributed by atoms with E-state index in [0.29, 0.717) is 25.7 Å². The molecule has 0 saturated heterocycles. The van der Waals surface area contributed by atoms with Gasteiger partial charge in [-0.05, 0) is 17.7 Å². The highest BCUT2D eigenvalue weighted by molar-refractivity contribution is 7.90. The summed E-state index contributed by atoms with van der Waals surface area (Å²) in [6.45, 7) is 1.98. The van der Waals surface area contributed by atoms with Gasteiger partial charge < -0.3 is 24.8 Å². The van der Waals surface area contributed by atoms with Gasteiger partial charge in [-0.1, -0.05) is 6.07 Å². The topological polar surface area (TPSA) is 98.3 Å². The van der Waals surface area contributed by atoms with Crippen molar-refractivity contribution >= 4 is 15.8 Å². The van der Waals surface area contributed by atoms with Gasteiger partial charge in [0.1, 0.15) is 9.84 Å². The zero-order chi connectivity index (χ0) is 17.4. The molecule has 134 valence electrons. The fourth-order valence-electron chi connectivity index (χ4n) is 2.01. The van der Waals surface area contributed by atoms with Crippen LogP contribution in [0.1, 0.15) is 5.56 Å². The van der Waals surface area contributed by atoms with Crippen molar-refractivity contribution in [2.75, 3.05) is 45.6 Å². The van der Waals surface area contributed by atoms with E-state index in [-0.39, 0.29) is 19.2 Å². The summed E-state index contributed by atoms with van der Waals surface area (Å²) in [4.78, 5) is 4.12. The fraction of sp³-hybridized carbons (Fsp3) is 0.533. The van der Waals surface area contributed by atoms with E-state index in [1.165, 1.54) is 6.26 Å². The molecule has 0 fully saturated rings. The number of guanidine groups is 1. The van der Waals surface area contributed by atoms with E-state index in [0.717, 1.165) is 17.1 Å². The maximum atomic E-state index is 11.0. The summed E-state index contributed by atoms with van der Waals surface area (Å²) in [6, 6.07) is 5.77. The van der Waals surface area contributed by atoms with Gasteiger partial charge in [-0.25, -0.2) is 8.42 Å². The minimum Gasteiger partial charge on any atom is -0.454 e. The minimum atomic E-state index is -2.98. The number of nitrogens with one attached hydrogen (secondary N) is 2. The normalized spacial score (nSPS) is 13.8. The Kier molecular flexibility index (Phi) is 6.68. The van der Waals surface area contributed by atoms with Gasteiger partial charge in [-0.15, -0.1) is 0 Å². The van der Waals surface area contributed by atoms with Crippen LogP contribution in [0.25, 0.3) is 0 Å². The molecule has 0 atom stereocenters. The third kappa shape index (κ3) is 6.25. The molecule has 1 aromatic carbocycles. The van der Waals surface area contributed by atoms with Crippen LogP contribution in [0.4, 0.5) is 0 Å². The standard InChI is InChI=1S/C15H23N3O5S/c1-16-15(17-5-6-21-7-8-24(2,19)20)18-10-12-3-4-13-14(9-12)23-11-22-13/h3-4,9H,5-8,10-11H2,1-2H3,(H2,16,17,18). The summed E-state index contributed by atoms with van der Waals surface area (Å²) in [6.07, 6.45) is 1.19. The smallest absolute Gasteiger partial charge is 0.231 e. The minimum absolute atomic E-state index is 0.0318. The average molecular weight is 357 g/mol. The number of aliphatic imine (C=N–C) groups is 1. The Hall–Kier alpha value is -2.00. The van der Waals surface area contributed by atoms with Crippen LogP contribution in [0, 0.1) is 0 Å². The second-order valence-corrected chi connectivity index (χ2v) is 7.54. The summed E-state index contributed by atoms with van der Waals surface area (Å²) in [5.41, 5.74) is 1.05. The first-order valence-electron chi connectivity index (χ1n) is 7.56. The van der Waals surface area contributed by atoms with Crippen molar-refractivity contribution in [2.45, 2.75) is 6.54 Å². The molecule has 24 heavy (non-hydrogen) atoms. The van der Waals surface area contributed by atoms with Gasteiger partial charge in [0.15, 0.2) is 17.5 Å². The van der Waals surface area contributed by atoms with Crippen molar-refractivity contribution in [1.82, 2.24) is 10.6 Å². The van der Waals surface area contributed by atoms with Crippen LogP contribution in [0.5, 0.6) is 11.5 Å². The molecule has 0 spiro atoms. The van der Waals surface area contributed by atoms with Crippen LogP contribution in [0.3, 0.4) is 0 Å². The van der Waals surface area contributed by atoms with Gasteiger partial charge in [-0.3, -0.25) is 4.99 Å². The third-order valence-electron chi connectivity index (χ3n) is 3.26. The summed E-state index contributed by atoms with van der Waals surface area (Å²) < 4.78 is 37.8. The predicted molar refractivity (Wildman–Crippen MR) is 91.3 cm³/mol. The quantitative estimate of drug-likeness (QED) is 0.388. The number of ether oxygens (including phenoxy) is 3. The molecule has 0 bridgehead atoms. The van der Waals surface area contributed by atoms with E-state index in [1.54, 1.807) is 7.05 Å². The number of hydrogen-bond acceptors (Lipinski definition) is 6. The molecule has 0 radical (unpaired) electrons. The van der Waals surface area contributed by atoms with Crippen LogP contribution >= 0.6 is 0 Å². The van der Waals surface area contributed by atoms with Gasteiger partial charge in [-0.2, -0.15) is 0 Å². The van der Waals surface area contributed by atoms with Crippen molar-refractivity contribution < 1.29 is 22.6 Å². The number of nitrogens with zero attached hydrogens (tertiary/aromatic N) is 1. The summed E-state index contributed by atoms with van der Waals surface area (Å²) in [5, 5.41) is 6.28. The Bertz CT molecular complexity index is 676. The van der Waals surface area contributed by atoms with Gasteiger partial charge in [0.2, 0.25) is 6.79 Å². The molecule has 0 amide bonds. The number of hydrogen-bond donors (Lipinski definition) is 2. The monoisotopic (exact) mass is 357 g/mol. The summed E-state index contributed by atoms with van der Waals surface area (Å²) in [7, 11) is -1.30. The lowest BCUT2D eigenvalue weighted by Crippen LogP contribution is -2.38. The first-order chi connectivity index (χ1) is 11.5. The van der Waals surface area contributed by atoms with Crippen LogP contribution < -0.4 is 20.1 Å². The maximum Gasteiger partial charge on any atom is 0.231 e. The van der Waals surface area contributed by atoms with Gasteiger partial charge in [0, 0.05) is 26.4 Å². The van der Waals surface area contributed by atoms with Crippen LogP contribution in [0.15, 0.2) is 23.2 Å². The van der Waals surface area contributed by atoms with Gasteiger partial charge in [0.25, 0.3) is 0 Å². The van der Waals surface area contributed by atoms with Crippen LogP contribution in [-0.2, 0) is 21.1 Å². The first-order valence-corrected chi connectivity index (χ1v) is 9.62. The lowest BCUT2D eigenvalue weighted by atomic mass is 10.2. The molecule has 1 aliphatic heterocycles. The Morgan fingerprint density at radius 2 is 2.04 bits per heavy atom. The lowest BCUT2D eigenvalue weighted by molar-refractivity contribution is 0.154. The van der Waals surface area contributed by atoms with Crippen molar-refractivity contribution in [3.63, 3.8) is 0 Å². The molecule has 2 N–H and O–H groups in total. The zero-order valence-electron chi connectivity index (χ0n) is 13.9. The Labute approximate surface area is 142 Å². The van der Waals surface area contributed by atoms with E-state index in [2.05, 4.69) is 15.6 Å². The third-order valence-corrected chi connectivity index (χ3v) is 4.17. The molecule has 0 aliphatic carbocycles. The van der Waals surface area contributed by atoms with E-state index >= 15 is 0 Å². The average Bonchev–Trinajstić information content (AvgIpc) is 3.00. The van der Waals surface area contributed by atoms with E-state index in [9.17, 15) is 8.42 Å². The van der Waals surface area contributed by atoms with Crippen LogP contribution in [0.2, 0.25) is 0 Å². The SMILES string of the molecule is CN=C(NCCOCCS(C)(=O)=O)NCc1ccc2c(c1)OCO2. The van der Waals surface area contributed by atoms with E-state index < -0.39 is 9.84 Å². The molecule has 1 aromatic rings. The predicted octanol–water partition coefficient (Wildman–Crippen LogP) is 0.142. The number of benzene rings is 1. The molecular weight excluding hydrogens is 334 g/mol. The van der Waals surface area contributed by atoms with Crippen LogP contribution in [-0.4, -0.2) is 60.0 Å².